The van der Waals surface area contributed by atoms with Crippen LogP contribution in [0.25, 0.3) is 11.4 Å². The van der Waals surface area contributed by atoms with Gasteiger partial charge in [-0.1, -0.05) is 31.4 Å². The van der Waals surface area contributed by atoms with Crippen molar-refractivity contribution in [3.63, 3.8) is 0 Å². The van der Waals surface area contributed by atoms with Crippen molar-refractivity contribution in [3.8, 4) is 11.4 Å². The molecule has 1 heterocycles. The van der Waals surface area contributed by atoms with Gasteiger partial charge in [0.15, 0.2) is 5.82 Å². The van der Waals surface area contributed by atoms with Crippen molar-refractivity contribution in [2.24, 2.45) is 5.73 Å². The molecule has 1 saturated carbocycles. The normalized spacial score (nSPS) is 16.9. The smallest absolute Gasteiger partial charge is 0.248 e. The predicted molar refractivity (Wildman–Crippen MR) is 93.6 cm³/mol. The van der Waals surface area contributed by atoms with Crippen molar-refractivity contribution in [3.05, 3.63) is 35.7 Å². The molecule has 1 unspecified atom stereocenters. The first-order valence-corrected chi connectivity index (χ1v) is 8.64. The fourth-order valence-corrected chi connectivity index (χ4v) is 3.26. The molecule has 0 bridgehead atoms. The number of nitrogens with two attached hydrogens (primary N) is 1. The van der Waals surface area contributed by atoms with Gasteiger partial charge in [0.2, 0.25) is 5.91 Å². The van der Waals surface area contributed by atoms with Gasteiger partial charge >= 0.3 is 0 Å². The summed E-state index contributed by atoms with van der Waals surface area (Å²) in [6, 6.07) is 7.72. The number of aromatic nitrogens is 3. The Morgan fingerprint density at radius 2 is 1.92 bits per heavy atom. The van der Waals surface area contributed by atoms with Crippen molar-refractivity contribution < 1.29 is 4.79 Å². The molecule has 3 rings (SSSR count). The van der Waals surface area contributed by atoms with E-state index in [0.29, 0.717) is 17.4 Å². The molecule has 6 nitrogen and oxygen atoms in total. The van der Waals surface area contributed by atoms with Crippen molar-refractivity contribution in [2.45, 2.75) is 51.1 Å². The summed E-state index contributed by atoms with van der Waals surface area (Å²) in [6.45, 7) is 2.10. The highest BCUT2D eigenvalue weighted by Gasteiger charge is 2.23. The largest absolute Gasteiger partial charge is 0.366 e. The molecule has 0 spiro atoms. The highest BCUT2D eigenvalue weighted by molar-refractivity contribution is 5.93. The lowest BCUT2D eigenvalue weighted by atomic mass is 9.95. The molecular weight excluding hydrogens is 302 g/mol. The highest BCUT2D eigenvalue weighted by Crippen LogP contribution is 2.31. The second-order valence-corrected chi connectivity index (χ2v) is 6.48. The lowest BCUT2D eigenvalue weighted by molar-refractivity contribution is 0.100. The number of nitrogens with one attached hydrogen (secondary N) is 1. The number of benzene rings is 1. The zero-order valence-corrected chi connectivity index (χ0v) is 14.3. The Morgan fingerprint density at radius 3 is 2.50 bits per heavy atom. The molecule has 1 aliphatic rings. The maximum absolute atomic E-state index is 11.2. The second-order valence-electron chi connectivity index (χ2n) is 6.48. The summed E-state index contributed by atoms with van der Waals surface area (Å²) in [6.07, 6.45) is 6.13. The van der Waals surface area contributed by atoms with Crippen LogP contribution in [-0.4, -0.2) is 27.7 Å². The van der Waals surface area contributed by atoms with Crippen molar-refractivity contribution in [2.75, 3.05) is 7.05 Å². The summed E-state index contributed by atoms with van der Waals surface area (Å²) >= 11 is 0. The van der Waals surface area contributed by atoms with E-state index in [1.807, 2.05) is 19.2 Å². The third-order valence-corrected chi connectivity index (χ3v) is 4.83. The quantitative estimate of drug-likeness (QED) is 0.884. The Hall–Kier alpha value is -2.21. The Bertz CT molecular complexity index is 701. The van der Waals surface area contributed by atoms with Gasteiger partial charge in [0.1, 0.15) is 5.82 Å². The molecule has 0 saturated heterocycles. The summed E-state index contributed by atoms with van der Waals surface area (Å²) in [4.78, 5) is 16.0. The number of hydrogen-bond acceptors (Lipinski definition) is 4. The van der Waals surface area contributed by atoms with Gasteiger partial charge in [0.05, 0.1) is 12.1 Å². The number of amides is 1. The summed E-state index contributed by atoms with van der Waals surface area (Å²) in [7, 11) is 1.94. The Kier molecular flexibility index (Phi) is 4.94. The van der Waals surface area contributed by atoms with Gasteiger partial charge in [-0.25, -0.2) is 9.67 Å². The van der Waals surface area contributed by atoms with E-state index in [2.05, 4.69) is 16.9 Å². The second kappa shape index (κ2) is 7.13. The van der Waals surface area contributed by atoms with Gasteiger partial charge in [0, 0.05) is 11.1 Å². The minimum atomic E-state index is -0.424. The molecular formula is C18H25N5O. The first-order chi connectivity index (χ1) is 11.6. The lowest BCUT2D eigenvalue weighted by Gasteiger charge is -2.24. The zero-order chi connectivity index (χ0) is 17.1. The lowest BCUT2D eigenvalue weighted by Crippen LogP contribution is -2.22. The average molecular weight is 327 g/mol. The molecule has 6 heteroatoms. The Balaban J connectivity index is 1.96. The molecule has 2 aromatic rings. The predicted octanol–water partition coefficient (Wildman–Crippen LogP) is 2.83. The SMILES string of the molecule is CNC(C)c1nc(-c2ccc(C(N)=O)cc2)nn1C1CCCCC1. The third kappa shape index (κ3) is 3.33. The first kappa shape index (κ1) is 16.6. The number of primary amides is 1. The van der Waals surface area contributed by atoms with Gasteiger partial charge in [-0.15, -0.1) is 0 Å². The third-order valence-electron chi connectivity index (χ3n) is 4.83. The van der Waals surface area contributed by atoms with Gasteiger partial charge in [-0.05, 0) is 38.9 Å². The summed E-state index contributed by atoms with van der Waals surface area (Å²) in [5.74, 6) is 1.25. The maximum atomic E-state index is 11.2. The van der Waals surface area contributed by atoms with Crippen molar-refractivity contribution >= 4 is 5.91 Å². The number of hydrogen-bond donors (Lipinski definition) is 2. The summed E-state index contributed by atoms with van der Waals surface area (Å²) in [5, 5.41) is 8.06. The molecule has 128 valence electrons. The van der Waals surface area contributed by atoms with E-state index in [1.165, 1.54) is 19.3 Å². The zero-order valence-electron chi connectivity index (χ0n) is 14.3. The van der Waals surface area contributed by atoms with E-state index in [9.17, 15) is 4.79 Å². The Morgan fingerprint density at radius 1 is 1.25 bits per heavy atom. The molecule has 24 heavy (non-hydrogen) atoms. The van der Waals surface area contributed by atoms with Crippen LogP contribution in [0.2, 0.25) is 0 Å². The molecule has 1 aromatic carbocycles. The molecule has 1 aromatic heterocycles. The maximum Gasteiger partial charge on any atom is 0.248 e. The van der Waals surface area contributed by atoms with E-state index in [1.54, 1.807) is 12.1 Å². The average Bonchev–Trinajstić information content (AvgIpc) is 3.07. The Labute approximate surface area is 142 Å². The monoisotopic (exact) mass is 327 g/mol. The van der Waals surface area contributed by atoms with E-state index < -0.39 is 5.91 Å². The van der Waals surface area contributed by atoms with E-state index in [-0.39, 0.29) is 6.04 Å². The van der Waals surface area contributed by atoms with Crippen LogP contribution in [0, 0.1) is 0 Å². The topological polar surface area (TPSA) is 85.8 Å². The molecule has 1 aliphatic carbocycles. The highest BCUT2D eigenvalue weighted by atomic mass is 16.1. The fraction of sp³-hybridized carbons (Fsp3) is 0.500. The minimum absolute atomic E-state index is 0.137. The molecule has 1 amide bonds. The number of carbonyl (C=O) groups excluding carboxylic acids is 1. The van der Waals surface area contributed by atoms with Crippen molar-refractivity contribution in [1.82, 2.24) is 20.1 Å². The van der Waals surface area contributed by atoms with Crippen LogP contribution in [0.5, 0.6) is 0 Å². The van der Waals surface area contributed by atoms with Crippen LogP contribution >= 0.6 is 0 Å². The van der Waals surface area contributed by atoms with E-state index in [0.717, 1.165) is 24.2 Å². The van der Waals surface area contributed by atoms with Crippen LogP contribution in [0.15, 0.2) is 24.3 Å². The van der Waals surface area contributed by atoms with Gasteiger partial charge in [-0.3, -0.25) is 4.79 Å². The number of rotatable bonds is 5. The minimum Gasteiger partial charge on any atom is -0.366 e. The van der Waals surface area contributed by atoms with Crippen LogP contribution in [-0.2, 0) is 0 Å². The molecule has 3 N–H and O–H groups in total. The van der Waals surface area contributed by atoms with Crippen molar-refractivity contribution in [1.29, 1.82) is 0 Å². The van der Waals surface area contributed by atoms with E-state index >= 15 is 0 Å². The molecule has 0 radical (unpaired) electrons. The van der Waals surface area contributed by atoms with Gasteiger partial charge in [-0.2, -0.15) is 5.10 Å². The van der Waals surface area contributed by atoms with Crippen LogP contribution in [0.1, 0.15) is 67.3 Å². The standard InChI is InChI=1S/C18H25N5O/c1-12(20-2)18-21-17(14-10-8-13(9-11-14)16(19)24)22-23(18)15-6-4-3-5-7-15/h8-12,15,20H,3-7H2,1-2H3,(H2,19,24). The van der Waals surface area contributed by atoms with Gasteiger partial charge < -0.3 is 11.1 Å². The number of nitrogens with zero attached hydrogens (tertiary/aromatic N) is 3. The van der Waals surface area contributed by atoms with Crippen LogP contribution in [0.3, 0.4) is 0 Å². The summed E-state index contributed by atoms with van der Waals surface area (Å²) in [5.41, 5.74) is 6.70. The van der Waals surface area contributed by atoms with Gasteiger partial charge in [0.25, 0.3) is 0 Å². The molecule has 0 aliphatic heterocycles. The molecule has 1 fully saturated rings. The van der Waals surface area contributed by atoms with Crippen LogP contribution < -0.4 is 11.1 Å². The van der Waals surface area contributed by atoms with E-state index in [4.69, 9.17) is 15.8 Å². The molecule has 1 atom stereocenters. The summed E-state index contributed by atoms with van der Waals surface area (Å²) < 4.78 is 2.11. The first-order valence-electron chi connectivity index (χ1n) is 8.64. The number of carbonyl (C=O) groups is 1. The fourth-order valence-electron chi connectivity index (χ4n) is 3.26. The van der Waals surface area contributed by atoms with Crippen LogP contribution in [0.4, 0.5) is 0 Å².